The number of aliphatic hydroxyl groups excluding tert-OH is 1. The van der Waals surface area contributed by atoms with Crippen LogP contribution < -0.4 is 5.73 Å². The lowest BCUT2D eigenvalue weighted by Gasteiger charge is -2.18. The van der Waals surface area contributed by atoms with Gasteiger partial charge in [0.05, 0.1) is 0 Å². The number of aliphatic hydroxyl groups is 1. The number of primary amides is 1. The van der Waals surface area contributed by atoms with E-state index in [1.165, 1.54) is 51.4 Å². The molecule has 0 aromatic rings. The second-order valence-corrected chi connectivity index (χ2v) is 6.48. The molecule has 3 nitrogen and oxygen atoms in total. The molecule has 0 spiro atoms. The molecule has 0 saturated carbocycles. The van der Waals surface area contributed by atoms with Crippen LogP contribution in [-0.4, -0.2) is 17.6 Å². The summed E-state index contributed by atoms with van der Waals surface area (Å²) in [6.07, 6.45) is 17.8. The smallest absolute Gasteiger partial charge is 0.220 e. The van der Waals surface area contributed by atoms with Gasteiger partial charge < -0.3 is 10.8 Å². The maximum absolute atomic E-state index is 11.3. The van der Waals surface area contributed by atoms with Crippen molar-refractivity contribution in [1.29, 1.82) is 0 Å². The first-order valence-corrected chi connectivity index (χ1v) is 9.18. The topological polar surface area (TPSA) is 63.3 Å². The van der Waals surface area contributed by atoms with E-state index in [0.717, 1.165) is 19.3 Å². The maximum Gasteiger partial charge on any atom is 0.220 e. The standard InChI is InChI=1S/C19H37NO2/c1-3-4-5-6-7-8-9-10-11-12-13-14-15-18(19(20)22)17(2)16-21/h8-9,17-18,21H,3-7,10-16H2,1-2H3,(H2,20,22). The molecule has 0 aromatic carbocycles. The Morgan fingerprint density at radius 1 is 1.00 bits per heavy atom. The van der Waals surface area contributed by atoms with Gasteiger partial charge in [-0.25, -0.2) is 0 Å². The second kappa shape index (κ2) is 15.1. The van der Waals surface area contributed by atoms with Crippen molar-refractivity contribution in [3.05, 3.63) is 12.2 Å². The highest BCUT2D eigenvalue weighted by molar-refractivity contribution is 5.76. The summed E-state index contributed by atoms with van der Waals surface area (Å²) in [7, 11) is 0. The summed E-state index contributed by atoms with van der Waals surface area (Å²) in [4.78, 5) is 11.3. The fourth-order valence-corrected chi connectivity index (χ4v) is 2.74. The van der Waals surface area contributed by atoms with Crippen molar-refractivity contribution in [2.75, 3.05) is 6.61 Å². The average Bonchev–Trinajstić information content (AvgIpc) is 2.51. The van der Waals surface area contributed by atoms with Gasteiger partial charge in [0.2, 0.25) is 5.91 Å². The van der Waals surface area contributed by atoms with Crippen LogP contribution in [0.5, 0.6) is 0 Å². The van der Waals surface area contributed by atoms with E-state index >= 15 is 0 Å². The monoisotopic (exact) mass is 311 g/mol. The molecule has 0 saturated heterocycles. The third-order valence-corrected chi connectivity index (χ3v) is 4.37. The fourth-order valence-electron chi connectivity index (χ4n) is 2.74. The quantitative estimate of drug-likeness (QED) is 0.343. The minimum atomic E-state index is -0.271. The van der Waals surface area contributed by atoms with Gasteiger partial charge in [-0.15, -0.1) is 0 Å². The van der Waals surface area contributed by atoms with Gasteiger partial charge in [0.1, 0.15) is 0 Å². The third kappa shape index (κ3) is 11.8. The number of amides is 1. The zero-order chi connectivity index (χ0) is 16.6. The minimum absolute atomic E-state index is 0.0202. The number of carbonyl (C=O) groups is 1. The molecular weight excluding hydrogens is 274 g/mol. The zero-order valence-electron chi connectivity index (χ0n) is 14.7. The van der Waals surface area contributed by atoms with Crippen molar-refractivity contribution < 1.29 is 9.90 Å². The van der Waals surface area contributed by atoms with Gasteiger partial charge >= 0.3 is 0 Å². The molecule has 3 N–H and O–H groups in total. The summed E-state index contributed by atoms with van der Waals surface area (Å²) in [5.41, 5.74) is 5.39. The van der Waals surface area contributed by atoms with Crippen molar-refractivity contribution in [1.82, 2.24) is 0 Å². The van der Waals surface area contributed by atoms with Gasteiger partial charge in [-0.1, -0.05) is 64.5 Å². The van der Waals surface area contributed by atoms with Crippen LogP contribution in [0.4, 0.5) is 0 Å². The molecular formula is C19H37NO2. The molecule has 0 fully saturated rings. The first-order valence-electron chi connectivity index (χ1n) is 9.18. The Morgan fingerprint density at radius 3 is 2.05 bits per heavy atom. The normalized spacial score (nSPS) is 14.3. The van der Waals surface area contributed by atoms with Gasteiger partial charge in [-0.3, -0.25) is 4.79 Å². The Balaban J connectivity index is 3.49. The van der Waals surface area contributed by atoms with Gasteiger partial charge in [0.25, 0.3) is 0 Å². The van der Waals surface area contributed by atoms with Crippen LogP contribution in [0, 0.1) is 11.8 Å². The lowest BCUT2D eigenvalue weighted by atomic mass is 9.89. The molecule has 1 amide bonds. The number of unbranched alkanes of at least 4 members (excludes halogenated alkanes) is 8. The predicted molar refractivity (Wildman–Crippen MR) is 94.5 cm³/mol. The SMILES string of the molecule is CCCCCCC=CCCCCCCC(C(N)=O)C(C)CO. The van der Waals surface area contributed by atoms with E-state index in [9.17, 15) is 4.79 Å². The molecule has 22 heavy (non-hydrogen) atoms. The summed E-state index contributed by atoms with van der Waals surface area (Å²) in [5, 5.41) is 9.13. The summed E-state index contributed by atoms with van der Waals surface area (Å²) in [6.45, 7) is 4.17. The second-order valence-electron chi connectivity index (χ2n) is 6.48. The highest BCUT2D eigenvalue weighted by atomic mass is 16.3. The molecule has 0 aromatic heterocycles. The lowest BCUT2D eigenvalue weighted by Crippen LogP contribution is -2.30. The van der Waals surface area contributed by atoms with Crippen LogP contribution in [0.1, 0.15) is 84.5 Å². The average molecular weight is 312 g/mol. The fraction of sp³-hybridized carbons (Fsp3) is 0.842. The van der Waals surface area contributed by atoms with E-state index in [4.69, 9.17) is 10.8 Å². The van der Waals surface area contributed by atoms with E-state index in [-0.39, 0.29) is 24.3 Å². The van der Waals surface area contributed by atoms with Gasteiger partial charge in [0.15, 0.2) is 0 Å². The number of carbonyl (C=O) groups excluding carboxylic acids is 1. The Bertz CT molecular complexity index is 289. The van der Waals surface area contributed by atoms with Crippen LogP contribution in [0.3, 0.4) is 0 Å². The molecule has 0 rings (SSSR count). The van der Waals surface area contributed by atoms with E-state index in [1.54, 1.807) is 0 Å². The summed E-state index contributed by atoms with van der Waals surface area (Å²) in [5.74, 6) is -0.464. The summed E-state index contributed by atoms with van der Waals surface area (Å²) >= 11 is 0. The molecule has 2 unspecified atom stereocenters. The van der Waals surface area contributed by atoms with Gasteiger partial charge in [-0.2, -0.15) is 0 Å². The number of allylic oxidation sites excluding steroid dienone is 2. The third-order valence-electron chi connectivity index (χ3n) is 4.37. The van der Waals surface area contributed by atoms with E-state index < -0.39 is 0 Å². The molecule has 130 valence electrons. The van der Waals surface area contributed by atoms with Crippen molar-refractivity contribution in [3.63, 3.8) is 0 Å². The first kappa shape index (κ1) is 21.2. The number of hydrogen-bond acceptors (Lipinski definition) is 2. The van der Waals surface area contributed by atoms with Crippen LogP contribution in [0.25, 0.3) is 0 Å². The maximum atomic E-state index is 11.3. The number of hydrogen-bond donors (Lipinski definition) is 2. The van der Waals surface area contributed by atoms with Crippen molar-refractivity contribution >= 4 is 5.91 Å². The van der Waals surface area contributed by atoms with Crippen LogP contribution in [0.2, 0.25) is 0 Å². The number of rotatable bonds is 15. The molecule has 2 atom stereocenters. The molecule has 0 heterocycles. The van der Waals surface area contributed by atoms with Crippen LogP contribution >= 0.6 is 0 Å². The Hall–Kier alpha value is -0.830. The molecule has 3 heteroatoms. The van der Waals surface area contributed by atoms with Crippen LogP contribution in [0.15, 0.2) is 12.2 Å². The van der Waals surface area contributed by atoms with Gasteiger partial charge in [-0.05, 0) is 38.0 Å². The minimum Gasteiger partial charge on any atom is -0.396 e. The van der Waals surface area contributed by atoms with E-state index in [1.807, 2.05) is 6.92 Å². The molecule has 0 aliphatic heterocycles. The first-order chi connectivity index (χ1) is 10.6. The lowest BCUT2D eigenvalue weighted by molar-refractivity contribution is -0.124. The van der Waals surface area contributed by atoms with Crippen molar-refractivity contribution in [3.8, 4) is 0 Å². The van der Waals surface area contributed by atoms with Crippen molar-refractivity contribution in [2.45, 2.75) is 84.5 Å². The summed E-state index contributed by atoms with van der Waals surface area (Å²) in [6, 6.07) is 0. The molecule has 0 radical (unpaired) electrons. The zero-order valence-corrected chi connectivity index (χ0v) is 14.7. The van der Waals surface area contributed by atoms with E-state index in [2.05, 4.69) is 19.1 Å². The Morgan fingerprint density at radius 2 is 1.55 bits per heavy atom. The van der Waals surface area contributed by atoms with Gasteiger partial charge in [0, 0.05) is 12.5 Å². The molecule has 0 aliphatic rings. The molecule has 0 aliphatic carbocycles. The number of nitrogens with two attached hydrogens (primary N) is 1. The highest BCUT2D eigenvalue weighted by Crippen LogP contribution is 2.19. The highest BCUT2D eigenvalue weighted by Gasteiger charge is 2.21. The molecule has 0 bridgehead atoms. The Kier molecular flexibility index (Phi) is 14.5. The van der Waals surface area contributed by atoms with Crippen LogP contribution in [-0.2, 0) is 4.79 Å². The van der Waals surface area contributed by atoms with E-state index in [0.29, 0.717) is 0 Å². The Labute approximate surface area is 137 Å². The summed E-state index contributed by atoms with van der Waals surface area (Å²) < 4.78 is 0. The predicted octanol–water partition coefficient (Wildman–Crippen LogP) is 4.58. The largest absolute Gasteiger partial charge is 0.396 e. The van der Waals surface area contributed by atoms with Crippen molar-refractivity contribution in [2.24, 2.45) is 17.6 Å².